The summed E-state index contributed by atoms with van der Waals surface area (Å²) in [7, 11) is 2.18. The molecule has 2 rings (SSSR count). The monoisotopic (exact) mass is 296 g/mol. The molecule has 1 unspecified atom stereocenters. The molecule has 2 aliphatic rings. The van der Waals surface area contributed by atoms with Gasteiger partial charge in [-0.15, -0.1) is 0 Å². The second-order valence-electron chi connectivity index (χ2n) is 7.35. The number of hydrogen-bond donors (Lipinski definition) is 1. The number of piperazine rings is 1. The Kier molecular flexibility index (Phi) is 5.49. The molecule has 5 nitrogen and oxygen atoms in total. The van der Waals surface area contributed by atoms with Crippen LogP contribution in [-0.4, -0.2) is 78.6 Å². The van der Waals surface area contributed by atoms with Crippen molar-refractivity contribution in [3.8, 4) is 0 Å². The van der Waals surface area contributed by atoms with Gasteiger partial charge in [0.05, 0.1) is 0 Å². The van der Waals surface area contributed by atoms with E-state index in [1.807, 2.05) is 4.90 Å². The lowest BCUT2D eigenvalue weighted by Crippen LogP contribution is -2.51. The molecule has 0 aromatic rings. The minimum atomic E-state index is 0.0151. The smallest absolute Gasteiger partial charge is 0.318 e. The highest BCUT2D eigenvalue weighted by molar-refractivity contribution is 5.75. The first-order valence-corrected chi connectivity index (χ1v) is 8.37. The maximum absolute atomic E-state index is 12.4. The van der Waals surface area contributed by atoms with Gasteiger partial charge in [-0.2, -0.15) is 0 Å². The molecule has 1 N–H and O–H groups in total. The molecule has 5 heteroatoms. The Hall–Kier alpha value is -0.810. The van der Waals surface area contributed by atoms with Crippen LogP contribution in [0.25, 0.3) is 0 Å². The Balaban J connectivity index is 1.69. The number of rotatable bonds is 4. The van der Waals surface area contributed by atoms with Gasteiger partial charge in [-0.05, 0) is 47.1 Å². The van der Waals surface area contributed by atoms with E-state index < -0.39 is 0 Å². The zero-order valence-corrected chi connectivity index (χ0v) is 14.2. The van der Waals surface area contributed by atoms with Gasteiger partial charge in [0.2, 0.25) is 0 Å². The van der Waals surface area contributed by atoms with E-state index in [1.165, 1.54) is 0 Å². The normalized spacial score (nSPS) is 25.0. The Morgan fingerprint density at radius 3 is 2.43 bits per heavy atom. The molecular weight excluding hydrogens is 264 g/mol. The lowest BCUT2D eigenvalue weighted by atomic mass is 10.0. The number of carbonyl (C=O) groups excluding carboxylic acids is 1. The number of carbonyl (C=O) groups is 1. The lowest BCUT2D eigenvalue weighted by molar-refractivity contribution is 0.145. The Bertz CT molecular complexity index is 350. The summed E-state index contributed by atoms with van der Waals surface area (Å²) < 4.78 is 0. The molecule has 0 aromatic carbocycles. The van der Waals surface area contributed by atoms with Crippen LogP contribution >= 0.6 is 0 Å². The molecule has 0 spiro atoms. The first-order valence-electron chi connectivity index (χ1n) is 8.37. The first kappa shape index (κ1) is 16.6. The summed E-state index contributed by atoms with van der Waals surface area (Å²) >= 11 is 0. The molecule has 0 aliphatic carbocycles. The second kappa shape index (κ2) is 6.97. The maximum atomic E-state index is 12.4. The number of hydrogen-bond acceptors (Lipinski definition) is 3. The summed E-state index contributed by atoms with van der Waals surface area (Å²) in [6.45, 7) is 13.0. The van der Waals surface area contributed by atoms with E-state index >= 15 is 0 Å². The Labute approximate surface area is 129 Å². The van der Waals surface area contributed by atoms with Crippen LogP contribution in [0.4, 0.5) is 4.79 Å². The molecule has 0 saturated carbocycles. The van der Waals surface area contributed by atoms with Crippen LogP contribution in [0, 0.1) is 0 Å². The average molecular weight is 296 g/mol. The molecule has 2 aliphatic heterocycles. The molecular formula is C16H32N4O. The number of urea groups is 1. The van der Waals surface area contributed by atoms with E-state index in [1.54, 1.807) is 0 Å². The summed E-state index contributed by atoms with van der Waals surface area (Å²) in [5.41, 5.74) is 0.0151. The van der Waals surface area contributed by atoms with Gasteiger partial charge in [0.1, 0.15) is 0 Å². The third kappa shape index (κ3) is 4.58. The third-order valence-electron chi connectivity index (χ3n) is 4.99. The van der Waals surface area contributed by atoms with Gasteiger partial charge in [0.15, 0.2) is 0 Å². The highest BCUT2D eigenvalue weighted by atomic mass is 16.2. The van der Waals surface area contributed by atoms with Crippen molar-refractivity contribution in [2.45, 2.75) is 51.6 Å². The minimum absolute atomic E-state index is 0.0151. The fraction of sp³-hybridized carbons (Fsp3) is 0.938. The first-order chi connectivity index (χ1) is 9.88. The van der Waals surface area contributed by atoms with Gasteiger partial charge in [-0.25, -0.2) is 4.79 Å². The highest BCUT2D eigenvalue weighted by Crippen LogP contribution is 2.28. The van der Waals surface area contributed by atoms with Crippen molar-refractivity contribution in [1.29, 1.82) is 0 Å². The third-order valence-corrected chi connectivity index (χ3v) is 4.99. The fourth-order valence-electron chi connectivity index (χ4n) is 3.29. The van der Waals surface area contributed by atoms with Gasteiger partial charge in [0.25, 0.3) is 0 Å². The summed E-state index contributed by atoms with van der Waals surface area (Å²) in [5.74, 6) is 0. The number of likely N-dealkylation sites (tertiary alicyclic amines) is 1. The van der Waals surface area contributed by atoms with Crippen molar-refractivity contribution in [2.24, 2.45) is 0 Å². The number of nitrogens with one attached hydrogen (secondary N) is 1. The van der Waals surface area contributed by atoms with Gasteiger partial charge in [-0.1, -0.05) is 0 Å². The molecule has 2 saturated heterocycles. The van der Waals surface area contributed by atoms with Crippen LogP contribution in [0.3, 0.4) is 0 Å². The molecule has 2 amide bonds. The van der Waals surface area contributed by atoms with E-state index in [0.29, 0.717) is 0 Å². The molecule has 0 radical (unpaired) electrons. The SMILES string of the molecule is CC(CCN1CCN(C)CC1)NC(=O)N1CCCC1(C)C. The summed E-state index contributed by atoms with van der Waals surface area (Å²) in [4.78, 5) is 19.2. The predicted octanol–water partition coefficient (Wildman–Crippen LogP) is 1.60. The number of nitrogens with zero attached hydrogens (tertiary/aromatic N) is 3. The van der Waals surface area contributed by atoms with Gasteiger partial charge in [-0.3, -0.25) is 0 Å². The standard InChI is InChI=1S/C16H32N4O/c1-14(6-9-19-12-10-18(4)11-13-19)17-15(21)20-8-5-7-16(20,2)3/h14H,5-13H2,1-4H3,(H,17,21). The molecule has 0 aromatic heterocycles. The van der Waals surface area contributed by atoms with E-state index in [0.717, 1.165) is 58.5 Å². The minimum Gasteiger partial charge on any atom is -0.335 e. The van der Waals surface area contributed by atoms with Crippen molar-refractivity contribution < 1.29 is 4.79 Å². The van der Waals surface area contributed by atoms with E-state index in [-0.39, 0.29) is 17.6 Å². The van der Waals surface area contributed by atoms with Crippen LogP contribution in [0.1, 0.15) is 40.0 Å². The van der Waals surface area contributed by atoms with E-state index in [9.17, 15) is 4.79 Å². The Morgan fingerprint density at radius 2 is 1.86 bits per heavy atom. The van der Waals surface area contributed by atoms with Crippen LogP contribution in [0.5, 0.6) is 0 Å². The Morgan fingerprint density at radius 1 is 1.19 bits per heavy atom. The average Bonchev–Trinajstić information content (AvgIpc) is 2.78. The second-order valence-corrected chi connectivity index (χ2v) is 7.35. The fourth-order valence-corrected chi connectivity index (χ4v) is 3.29. The molecule has 0 bridgehead atoms. The zero-order chi connectivity index (χ0) is 15.5. The van der Waals surface area contributed by atoms with Crippen LogP contribution in [-0.2, 0) is 0 Å². The van der Waals surface area contributed by atoms with Crippen molar-refractivity contribution in [2.75, 3.05) is 46.3 Å². The summed E-state index contributed by atoms with van der Waals surface area (Å²) in [6, 6.07) is 0.358. The quantitative estimate of drug-likeness (QED) is 0.856. The van der Waals surface area contributed by atoms with Gasteiger partial charge in [0, 0.05) is 50.8 Å². The summed E-state index contributed by atoms with van der Waals surface area (Å²) in [6.07, 6.45) is 3.26. The van der Waals surface area contributed by atoms with Crippen molar-refractivity contribution in [3.63, 3.8) is 0 Å². The lowest BCUT2D eigenvalue weighted by Gasteiger charge is -2.34. The van der Waals surface area contributed by atoms with Gasteiger partial charge >= 0.3 is 6.03 Å². The summed E-state index contributed by atoms with van der Waals surface area (Å²) in [5, 5.41) is 3.18. The van der Waals surface area contributed by atoms with Crippen LogP contribution in [0.2, 0.25) is 0 Å². The molecule has 2 heterocycles. The number of amides is 2. The predicted molar refractivity (Wildman–Crippen MR) is 86.6 cm³/mol. The largest absolute Gasteiger partial charge is 0.335 e. The highest BCUT2D eigenvalue weighted by Gasteiger charge is 2.35. The van der Waals surface area contributed by atoms with Crippen molar-refractivity contribution >= 4 is 6.03 Å². The van der Waals surface area contributed by atoms with Crippen molar-refractivity contribution in [3.05, 3.63) is 0 Å². The van der Waals surface area contributed by atoms with E-state index in [2.05, 4.69) is 42.9 Å². The zero-order valence-electron chi connectivity index (χ0n) is 14.2. The maximum Gasteiger partial charge on any atom is 0.318 e. The molecule has 122 valence electrons. The van der Waals surface area contributed by atoms with Crippen LogP contribution < -0.4 is 5.32 Å². The molecule has 1 atom stereocenters. The van der Waals surface area contributed by atoms with Crippen molar-refractivity contribution in [1.82, 2.24) is 20.0 Å². The molecule has 21 heavy (non-hydrogen) atoms. The van der Waals surface area contributed by atoms with E-state index in [4.69, 9.17) is 0 Å². The van der Waals surface area contributed by atoms with Crippen LogP contribution in [0.15, 0.2) is 0 Å². The number of likely N-dealkylation sites (N-methyl/N-ethyl adjacent to an activating group) is 1. The topological polar surface area (TPSA) is 38.8 Å². The molecule has 2 fully saturated rings. The van der Waals surface area contributed by atoms with Gasteiger partial charge < -0.3 is 20.0 Å².